The zero-order valence-corrected chi connectivity index (χ0v) is 15.4. The topological polar surface area (TPSA) is 43.8 Å². The predicted octanol–water partition coefficient (Wildman–Crippen LogP) is 3.22. The number of likely N-dealkylation sites (N-methyl/N-ethyl adjacent to an activating group) is 1. The molecule has 25 heavy (non-hydrogen) atoms. The summed E-state index contributed by atoms with van der Waals surface area (Å²) in [5.41, 5.74) is 1.01. The van der Waals surface area contributed by atoms with Crippen LogP contribution < -0.4 is 0 Å². The maximum atomic E-state index is 12.6. The first-order valence-corrected chi connectivity index (χ1v) is 9.86. The minimum Gasteiger partial charge on any atom is -0.388 e. The van der Waals surface area contributed by atoms with Gasteiger partial charge in [-0.2, -0.15) is 0 Å². The van der Waals surface area contributed by atoms with Crippen molar-refractivity contribution in [3.05, 3.63) is 35.9 Å². The Balaban J connectivity index is 1.45. The molecule has 1 aliphatic heterocycles. The highest BCUT2D eigenvalue weighted by Crippen LogP contribution is 2.30. The molecule has 0 aromatic heterocycles. The van der Waals surface area contributed by atoms with Gasteiger partial charge < -0.3 is 10.0 Å². The Hall–Kier alpha value is -1.39. The van der Waals surface area contributed by atoms with E-state index in [2.05, 4.69) is 4.90 Å². The van der Waals surface area contributed by atoms with Crippen LogP contribution >= 0.6 is 0 Å². The van der Waals surface area contributed by atoms with Gasteiger partial charge in [-0.15, -0.1) is 0 Å². The Bertz CT molecular complexity index is 534. The maximum absolute atomic E-state index is 12.6. The molecule has 1 aromatic rings. The van der Waals surface area contributed by atoms with E-state index in [1.165, 1.54) is 19.3 Å². The minimum atomic E-state index is -0.385. The number of benzene rings is 1. The smallest absolute Gasteiger partial charge is 0.236 e. The van der Waals surface area contributed by atoms with Gasteiger partial charge in [0, 0.05) is 13.1 Å². The number of carbonyl (C=O) groups excluding carboxylic acids is 1. The second kappa shape index (κ2) is 8.81. The van der Waals surface area contributed by atoms with E-state index in [1.54, 1.807) is 0 Å². The summed E-state index contributed by atoms with van der Waals surface area (Å²) in [6.07, 6.45) is 7.67. The highest BCUT2D eigenvalue weighted by molar-refractivity contribution is 5.78. The van der Waals surface area contributed by atoms with Gasteiger partial charge >= 0.3 is 0 Å². The van der Waals surface area contributed by atoms with Gasteiger partial charge in [-0.1, -0.05) is 49.6 Å². The normalized spacial score (nSPS) is 21.8. The van der Waals surface area contributed by atoms with E-state index in [0.29, 0.717) is 18.5 Å². The maximum Gasteiger partial charge on any atom is 0.236 e. The number of aliphatic hydroxyl groups is 1. The highest BCUT2D eigenvalue weighted by atomic mass is 16.3. The number of aliphatic hydroxyl groups excluding tert-OH is 1. The molecule has 4 heteroatoms. The van der Waals surface area contributed by atoms with Crippen LogP contribution in [0.5, 0.6) is 0 Å². The first-order chi connectivity index (χ1) is 12.1. The Morgan fingerprint density at radius 2 is 1.76 bits per heavy atom. The number of amides is 1. The van der Waals surface area contributed by atoms with E-state index < -0.39 is 0 Å². The van der Waals surface area contributed by atoms with Crippen molar-refractivity contribution in [1.82, 2.24) is 9.80 Å². The van der Waals surface area contributed by atoms with Gasteiger partial charge in [0.05, 0.1) is 12.6 Å². The lowest BCUT2D eigenvalue weighted by Crippen LogP contribution is -2.46. The number of nitrogens with zero attached hydrogens (tertiary/aromatic N) is 2. The van der Waals surface area contributed by atoms with Crippen molar-refractivity contribution < 1.29 is 9.90 Å². The zero-order valence-electron chi connectivity index (χ0n) is 15.4. The summed E-state index contributed by atoms with van der Waals surface area (Å²) >= 11 is 0. The number of likely N-dealkylation sites (tertiary alicyclic amines) is 1. The van der Waals surface area contributed by atoms with Gasteiger partial charge in [-0.05, 0) is 50.3 Å². The van der Waals surface area contributed by atoms with E-state index in [-0.39, 0.29) is 12.0 Å². The average Bonchev–Trinajstić information content (AvgIpc) is 2.68. The van der Waals surface area contributed by atoms with Crippen LogP contribution in [0.4, 0.5) is 0 Å². The number of carbonyl (C=O) groups is 1. The summed E-state index contributed by atoms with van der Waals surface area (Å²) in [4.78, 5) is 16.8. The molecular weight excluding hydrogens is 312 g/mol. The first kappa shape index (κ1) is 18.4. The molecule has 0 bridgehead atoms. The molecule has 3 rings (SSSR count). The molecule has 1 amide bonds. The summed E-state index contributed by atoms with van der Waals surface area (Å²) in [6.45, 7) is 2.33. The quantitative estimate of drug-likeness (QED) is 0.892. The van der Waals surface area contributed by atoms with Gasteiger partial charge in [-0.3, -0.25) is 9.69 Å². The number of rotatable bonds is 5. The number of hydrogen-bond acceptors (Lipinski definition) is 3. The van der Waals surface area contributed by atoms with Crippen LogP contribution in [0.3, 0.4) is 0 Å². The van der Waals surface area contributed by atoms with Crippen molar-refractivity contribution in [3.8, 4) is 0 Å². The van der Waals surface area contributed by atoms with Crippen molar-refractivity contribution >= 4 is 5.91 Å². The monoisotopic (exact) mass is 344 g/mol. The summed E-state index contributed by atoms with van der Waals surface area (Å²) in [5.74, 6) is 0.554. The molecule has 1 aliphatic carbocycles. The summed E-state index contributed by atoms with van der Waals surface area (Å²) in [6, 6.07) is 10.4. The molecule has 1 heterocycles. The van der Waals surface area contributed by atoms with Gasteiger partial charge in [0.15, 0.2) is 0 Å². The molecule has 1 aromatic carbocycles. The molecule has 1 saturated carbocycles. The lowest BCUT2D eigenvalue weighted by Gasteiger charge is -2.36. The minimum absolute atomic E-state index is 0.258. The highest BCUT2D eigenvalue weighted by Gasteiger charge is 2.28. The van der Waals surface area contributed by atoms with E-state index >= 15 is 0 Å². The van der Waals surface area contributed by atoms with Crippen molar-refractivity contribution in [1.29, 1.82) is 0 Å². The molecule has 0 radical (unpaired) electrons. The lowest BCUT2D eigenvalue weighted by atomic mass is 9.87. The fraction of sp³-hybridized carbons (Fsp3) is 0.667. The second-order valence-electron chi connectivity index (χ2n) is 7.77. The van der Waals surface area contributed by atoms with Crippen molar-refractivity contribution in [2.45, 2.75) is 57.1 Å². The molecule has 1 atom stereocenters. The molecule has 1 saturated heterocycles. The first-order valence-electron chi connectivity index (χ1n) is 9.86. The molecule has 2 fully saturated rings. The van der Waals surface area contributed by atoms with E-state index in [9.17, 15) is 9.90 Å². The molecule has 1 unspecified atom stereocenters. The van der Waals surface area contributed by atoms with E-state index in [4.69, 9.17) is 0 Å². The van der Waals surface area contributed by atoms with Crippen LogP contribution in [0.15, 0.2) is 30.3 Å². The van der Waals surface area contributed by atoms with E-state index in [0.717, 1.165) is 44.3 Å². The molecule has 138 valence electrons. The third kappa shape index (κ3) is 4.83. The number of piperidine rings is 1. The van der Waals surface area contributed by atoms with Crippen LogP contribution in [0.25, 0.3) is 0 Å². The van der Waals surface area contributed by atoms with Crippen LogP contribution in [0.1, 0.15) is 56.6 Å². The SMILES string of the molecule is CN(C(=O)CN1CCC(C(O)c2ccccc2)CC1)C1CCCCC1. The third-order valence-corrected chi connectivity index (χ3v) is 6.09. The van der Waals surface area contributed by atoms with Crippen molar-refractivity contribution in [3.63, 3.8) is 0 Å². The van der Waals surface area contributed by atoms with Crippen LogP contribution in [-0.4, -0.2) is 53.5 Å². The van der Waals surface area contributed by atoms with Crippen LogP contribution in [0, 0.1) is 5.92 Å². The van der Waals surface area contributed by atoms with Gasteiger partial charge in [-0.25, -0.2) is 0 Å². The third-order valence-electron chi connectivity index (χ3n) is 6.09. The predicted molar refractivity (Wildman–Crippen MR) is 100 cm³/mol. The zero-order chi connectivity index (χ0) is 17.6. The Labute approximate surface area is 151 Å². The van der Waals surface area contributed by atoms with Gasteiger partial charge in [0.1, 0.15) is 0 Å². The molecular formula is C21H32N2O2. The largest absolute Gasteiger partial charge is 0.388 e. The fourth-order valence-electron chi connectivity index (χ4n) is 4.32. The van der Waals surface area contributed by atoms with Crippen LogP contribution in [0.2, 0.25) is 0 Å². The molecule has 2 aliphatic rings. The van der Waals surface area contributed by atoms with E-state index in [1.807, 2.05) is 42.3 Å². The Morgan fingerprint density at radius 3 is 2.40 bits per heavy atom. The fourth-order valence-corrected chi connectivity index (χ4v) is 4.32. The average molecular weight is 344 g/mol. The standard InChI is InChI=1S/C21H32N2O2/c1-22(19-10-6-3-7-11-19)20(24)16-23-14-12-18(13-15-23)21(25)17-8-4-2-5-9-17/h2,4-5,8-9,18-19,21,25H,3,6-7,10-16H2,1H3. The second-order valence-corrected chi connectivity index (χ2v) is 7.77. The Kier molecular flexibility index (Phi) is 6.49. The Morgan fingerprint density at radius 1 is 1.12 bits per heavy atom. The van der Waals surface area contributed by atoms with Crippen molar-refractivity contribution in [2.24, 2.45) is 5.92 Å². The lowest BCUT2D eigenvalue weighted by molar-refractivity contribution is -0.134. The summed E-state index contributed by atoms with van der Waals surface area (Å²) in [5, 5.41) is 10.6. The molecule has 4 nitrogen and oxygen atoms in total. The summed E-state index contributed by atoms with van der Waals surface area (Å²) < 4.78 is 0. The van der Waals surface area contributed by atoms with Gasteiger partial charge in [0.2, 0.25) is 5.91 Å². The van der Waals surface area contributed by atoms with Crippen molar-refractivity contribution in [2.75, 3.05) is 26.7 Å². The van der Waals surface area contributed by atoms with Crippen LogP contribution in [-0.2, 0) is 4.79 Å². The van der Waals surface area contributed by atoms with Gasteiger partial charge in [0.25, 0.3) is 0 Å². The summed E-state index contributed by atoms with van der Waals surface area (Å²) in [7, 11) is 1.98. The number of hydrogen-bond donors (Lipinski definition) is 1. The molecule has 0 spiro atoms. The molecule has 1 N–H and O–H groups in total.